The number of aliphatic hydroxyl groups is 1. The van der Waals surface area contributed by atoms with E-state index in [1.807, 2.05) is 0 Å². The number of benzene rings is 3. The van der Waals surface area contributed by atoms with Crippen molar-refractivity contribution in [1.29, 1.82) is 0 Å². The standard InChI is InChI=1S/C28H22ClFN2O4S/c1-2-3-13-36-20-6-4-5-17(14-20)24-23(25(33)16-7-10-19(30)11-8-16)26(34)27(35)32(24)28-31-21-12-9-18(29)15-22(21)37-28/h4-12,14-15,24,33H,2-3,13H2,1H3. The van der Waals surface area contributed by atoms with Gasteiger partial charge in [0.15, 0.2) is 5.13 Å². The first-order chi connectivity index (χ1) is 17.9. The van der Waals surface area contributed by atoms with E-state index in [0.29, 0.717) is 33.6 Å². The Morgan fingerprint density at radius 2 is 1.92 bits per heavy atom. The van der Waals surface area contributed by atoms with Crippen LogP contribution in [0.5, 0.6) is 5.75 Å². The molecule has 0 aliphatic carbocycles. The maximum Gasteiger partial charge on any atom is 0.301 e. The molecule has 0 bridgehead atoms. The molecule has 9 heteroatoms. The van der Waals surface area contributed by atoms with Gasteiger partial charge < -0.3 is 9.84 Å². The second-order valence-corrected chi connectivity index (χ2v) is 10.0. The van der Waals surface area contributed by atoms with Gasteiger partial charge in [-0.05, 0) is 66.6 Å². The average Bonchev–Trinajstić information content (AvgIpc) is 3.42. The van der Waals surface area contributed by atoms with Gasteiger partial charge in [0.2, 0.25) is 0 Å². The van der Waals surface area contributed by atoms with Gasteiger partial charge in [0.1, 0.15) is 17.3 Å². The summed E-state index contributed by atoms with van der Waals surface area (Å²) in [4.78, 5) is 32.6. The lowest BCUT2D eigenvalue weighted by molar-refractivity contribution is -0.132. The third-order valence-electron chi connectivity index (χ3n) is 6.05. The van der Waals surface area contributed by atoms with Gasteiger partial charge in [-0.15, -0.1) is 0 Å². The highest BCUT2D eigenvalue weighted by molar-refractivity contribution is 7.22. The second kappa shape index (κ2) is 10.3. The summed E-state index contributed by atoms with van der Waals surface area (Å²) in [5, 5.41) is 12.0. The third kappa shape index (κ3) is 4.82. The fourth-order valence-corrected chi connectivity index (χ4v) is 5.47. The summed E-state index contributed by atoms with van der Waals surface area (Å²) in [5.74, 6) is -1.99. The summed E-state index contributed by atoms with van der Waals surface area (Å²) in [5.41, 5.74) is 1.30. The van der Waals surface area contributed by atoms with Crippen molar-refractivity contribution in [3.8, 4) is 5.75 Å². The number of thiazole rings is 1. The normalized spacial score (nSPS) is 17.1. The maximum absolute atomic E-state index is 13.5. The first-order valence-corrected chi connectivity index (χ1v) is 12.9. The molecule has 1 atom stereocenters. The number of unbranched alkanes of at least 4 members (excludes halogenated alkanes) is 1. The van der Waals surface area contributed by atoms with Crippen molar-refractivity contribution in [3.05, 3.63) is 94.3 Å². The maximum atomic E-state index is 13.5. The lowest BCUT2D eigenvalue weighted by atomic mass is 9.95. The minimum atomic E-state index is -0.976. The summed E-state index contributed by atoms with van der Waals surface area (Å²) in [7, 11) is 0. The van der Waals surface area contributed by atoms with Crippen LogP contribution in [0.2, 0.25) is 5.02 Å². The lowest BCUT2D eigenvalue weighted by Crippen LogP contribution is -2.29. The molecule has 5 rings (SSSR count). The highest BCUT2D eigenvalue weighted by Crippen LogP contribution is 2.45. The Hall–Kier alpha value is -3.75. The van der Waals surface area contributed by atoms with Crippen LogP contribution in [-0.2, 0) is 9.59 Å². The molecule has 4 aromatic rings. The van der Waals surface area contributed by atoms with Crippen LogP contribution < -0.4 is 9.64 Å². The van der Waals surface area contributed by atoms with Crippen LogP contribution in [0.4, 0.5) is 9.52 Å². The van der Waals surface area contributed by atoms with E-state index in [-0.39, 0.29) is 11.1 Å². The van der Waals surface area contributed by atoms with Gasteiger partial charge >= 0.3 is 5.91 Å². The number of fused-ring (bicyclic) bond motifs is 1. The monoisotopic (exact) mass is 536 g/mol. The van der Waals surface area contributed by atoms with E-state index in [2.05, 4.69) is 11.9 Å². The molecule has 2 heterocycles. The van der Waals surface area contributed by atoms with E-state index in [4.69, 9.17) is 16.3 Å². The number of hydrogen-bond acceptors (Lipinski definition) is 6. The molecular formula is C28H22ClFN2O4S. The number of aromatic nitrogens is 1. The summed E-state index contributed by atoms with van der Waals surface area (Å²) in [6.07, 6.45) is 1.85. The molecule has 3 aromatic carbocycles. The molecule has 37 heavy (non-hydrogen) atoms. The van der Waals surface area contributed by atoms with Gasteiger partial charge in [0.05, 0.1) is 28.4 Å². The fourth-order valence-electron chi connectivity index (χ4n) is 4.21. The quantitative estimate of drug-likeness (QED) is 0.120. The molecule has 1 amide bonds. The molecule has 0 saturated carbocycles. The van der Waals surface area contributed by atoms with Crippen LogP contribution in [0.25, 0.3) is 16.0 Å². The highest BCUT2D eigenvalue weighted by Gasteiger charge is 2.48. The molecule has 6 nitrogen and oxygen atoms in total. The number of hydrogen-bond donors (Lipinski definition) is 1. The Labute approximate surface area is 221 Å². The number of anilines is 1. The fraction of sp³-hybridized carbons (Fsp3) is 0.179. The van der Waals surface area contributed by atoms with E-state index in [9.17, 15) is 19.1 Å². The minimum Gasteiger partial charge on any atom is -0.507 e. The highest BCUT2D eigenvalue weighted by atomic mass is 35.5. The summed E-state index contributed by atoms with van der Waals surface area (Å²) in [6.45, 7) is 2.59. The topological polar surface area (TPSA) is 79.7 Å². The van der Waals surface area contributed by atoms with Crippen molar-refractivity contribution in [1.82, 2.24) is 4.98 Å². The van der Waals surface area contributed by atoms with E-state index in [1.54, 1.807) is 42.5 Å². The molecule has 188 valence electrons. The largest absolute Gasteiger partial charge is 0.507 e. The van der Waals surface area contributed by atoms with Crippen LogP contribution in [0, 0.1) is 5.82 Å². The Kier molecular flexibility index (Phi) is 6.95. The van der Waals surface area contributed by atoms with Gasteiger partial charge in [0.25, 0.3) is 5.78 Å². The third-order valence-corrected chi connectivity index (χ3v) is 7.30. The first kappa shape index (κ1) is 24.9. The van der Waals surface area contributed by atoms with Crippen molar-refractivity contribution in [2.45, 2.75) is 25.8 Å². The molecule has 1 saturated heterocycles. The number of carbonyl (C=O) groups is 2. The van der Waals surface area contributed by atoms with Crippen LogP contribution in [0.15, 0.2) is 72.3 Å². The molecule has 1 unspecified atom stereocenters. The van der Waals surface area contributed by atoms with Crippen LogP contribution in [0.3, 0.4) is 0 Å². The zero-order chi connectivity index (χ0) is 26.1. The Balaban J connectivity index is 1.67. The summed E-state index contributed by atoms with van der Waals surface area (Å²) in [6, 6.07) is 16.4. The number of ether oxygens (including phenoxy) is 1. The predicted molar refractivity (Wildman–Crippen MR) is 143 cm³/mol. The number of aliphatic hydroxyl groups excluding tert-OH is 1. The van der Waals surface area contributed by atoms with Gasteiger partial charge in [0, 0.05) is 10.6 Å². The van der Waals surface area contributed by atoms with Gasteiger partial charge in [-0.3, -0.25) is 14.5 Å². The number of halogens is 2. The van der Waals surface area contributed by atoms with Crippen LogP contribution in [0.1, 0.15) is 36.9 Å². The van der Waals surface area contributed by atoms with Gasteiger partial charge in [-0.25, -0.2) is 9.37 Å². The Bertz CT molecular complexity index is 1530. The van der Waals surface area contributed by atoms with E-state index < -0.39 is 29.3 Å². The molecule has 1 fully saturated rings. The van der Waals surface area contributed by atoms with Gasteiger partial charge in [-0.2, -0.15) is 0 Å². The van der Waals surface area contributed by atoms with E-state index in [1.165, 1.54) is 40.5 Å². The molecule has 1 aliphatic heterocycles. The number of Topliss-reactive ketones (excluding diaryl/α,β-unsaturated/α-hetero) is 1. The number of rotatable bonds is 7. The average molecular weight is 537 g/mol. The number of carbonyl (C=O) groups excluding carboxylic acids is 2. The minimum absolute atomic E-state index is 0.111. The molecule has 1 N–H and O–H groups in total. The summed E-state index contributed by atoms with van der Waals surface area (Å²) >= 11 is 7.36. The molecule has 1 aromatic heterocycles. The van der Waals surface area contributed by atoms with Crippen molar-refractivity contribution in [2.24, 2.45) is 0 Å². The van der Waals surface area contributed by atoms with Crippen molar-refractivity contribution >= 4 is 55.7 Å². The molecule has 1 aliphatic rings. The Morgan fingerprint density at radius 3 is 2.68 bits per heavy atom. The van der Waals surface area contributed by atoms with E-state index in [0.717, 1.165) is 17.5 Å². The zero-order valence-electron chi connectivity index (χ0n) is 19.8. The van der Waals surface area contributed by atoms with Crippen molar-refractivity contribution in [2.75, 3.05) is 11.5 Å². The molecule has 0 spiro atoms. The Morgan fingerprint density at radius 1 is 1.14 bits per heavy atom. The number of nitrogens with zero attached hydrogens (tertiary/aromatic N) is 2. The van der Waals surface area contributed by atoms with Crippen LogP contribution >= 0.6 is 22.9 Å². The summed E-state index contributed by atoms with van der Waals surface area (Å²) < 4.78 is 20.1. The smallest absolute Gasteiger partial charge is 0.301 e. The lowest BCUT2D eigenvalue weighted by Gasteiger charge is -2.23. The van der Waals surface area contributed by atoms with Crippen LogP contribution in [-0.4, -0.2) is 28.4 Å². The molecular weight excluding hydrogens is 515 g/mol. The van der Waals surface area contributed by atoms with Crippen molar-refractivity contribution in [3.63, 3.8) is 0 Å². The number of ketones is 1. The van der Waals surface area contributed by atoms with Crippen molar-refractivity contribution < 1.29 is 23.8 Å². The van der Waals surface area contributed by atoms with E-state index >= 15 is 0 Å². The first-order valence-electron chi connectivity index (χ1n) is 11.7. The van der Waals surface area contributed by atoms with Gasteiger partial charge in [-0.1, -0.05) is 48.4 Å². The second-order valence-electron chi connectivity index (χ2n) is 8.56. The predicted octanol–water partition coefficient (Wildman–Crippen LogP) is 6.89. The number of amides is 1. The SMILES string of the molecule is CCCCOc1cccc(C2C(=C(O)c3ccc(F)cc3)C(=O)C(=O)N2c2nc3ccc(Cl)cc3s2)c1. The molecule has 0 radical (unpaired) electrons. The zero-order valence-corrected chi connectivity index (χ0v) is 21.4.